The highest BCUT2D eigenvalue weighted by Crippen LogP contribution is 2.25. The van der Waals surface area contributed by atoms with Gasteiger partial charge >= 0.3 is 0 Å². The van der Waals surface area contributed by atoms with E-state index in [4.69, 9.17) is 4.74 Å². The third-order valence-corrected chi connectivity index (χ3v) is 4.30. The van der Waals surface area contributed by atoms with Crippen molar-refractivity contribution in [1.82, 2.24) is 15.0 Å². The van der Waals surface area contributed by atoms with E-state index >= 15 is 0 Å². The minimum atomic E-state index is -0.331. The van der Waals surface area contributed by atoms with Crippen LogP contribution in [0.25, 0.3) is 10.9 Å². The Bertz CT molecular complexity index is 1140. The van der Waals surface area contributed by atoms with Crippen LogP contribution in [0.5, 0.6) is 11.6 Å². The summed E-state index contributed by atoms with van der Waals surface area (Å²) in [5.74, 6) is 0.359. The van der Waals surface area contributed by atoms with Gasteiger partial charge in [0.25, 0.3) is 0 Å². The molecule has 28 heavy (non-hydrogen) atoms. The maximum absolute atomic E-state index is 13.6. The summed E-state index contributed by atoms with van der Waals surface area (Å²) < 4.78 is 19.2. The van der Waals surface area contributed by atoms with Gasteiger partial charge < -0.3 is 15.0 Å². The molecule has 2 aromatic carbocycles. The minimum Gasteiger partial charge on any atom is -0.437 e. The summed E-state index contributed by atoms with van der Waals surface area (Å²) in [4.78, 5) is 23.7. The van der Waals surface area contributed by atoms with E-state index < -0.39 is 0 Å². The van der Waals surface area contributed by atoms with Gasteiger partial charge in [-0.3, -0.25) is 9.78 Å². The molecule has 6 nitrogen and oxygen atoms in total. The lowest BCUT2D eigenvalue weighted by molar-refractivity contribution is -0.115. The number of amides is 1. The lowest BCUT2D eigenvalue weighted by Gasteiger charge is -2.08. The summed E-state index contributed by atoms with van der Waals surface area (Å²) in [5, 5.41) is 3.57. The zero-order valence-electron chi connectivity index (χ0n) is 15.1. The molecule has 4 aromatic rings. The Morgan fingerprint density at radius 3 is 2.93 bits per heavy atom. The van der Waals surface area contributed by atoms with Crippen LogP contribution >= 0.6 is 0 Å². The molecule has 2 N–H and O–H groups in total. The summed E-state index contributed by atoms with van der Waals surface area (Å²) in [6.07, 6.45) is 4.73. The fourth-order valence-corrected chi connectivity index (χ4v) is 3.04. The van der Waals surface area contributed by atoms with E-state index in [0.29, 0.717) is 22.7 Å². The number of halogens is 1. The van der Waals surface area contributed by atoms with E-state index in [1.54, 1.807) is 36.5 Å². The monoisotopic (exact) mass is 376 g/mol. The Morgan fingerprint density at radius 1 is 1.21 bits per heavy atom. The standard InChI is InChI=1S/C21H17FN4O2/c1-13-17(18-9-14(22)5-6-19(18)25-13)11-20(27)26-15-3-2-4-16(10-15)28-21-12-23-7-8-24-21/h2-10,12,25H,11H2,1H3,(H,26,27). The molecule has 0 aliphatic heterocycles. The molecule has 7 heteroatoms. The Morgan fingerprint density at radius 2 is 2.11 bits per heavy atom. The second-order valence-electron chi connectivity index (χ2n) is 6.32. The Hall–Kier alpha value is -3.74. The van der Waals surface area contributed by atoms with Crippen molar-refractivity contribution in [2.75, 3.05) is 5.32 Å². The first-order chi connectivity index (χ1) is 13.6. The number of carbonyl (C=O) groups is 1. The number of benzene rings is 2. The first-order valence-electron chi connectivity index (χ1n) is 8.69. The number of anilines is 1. The zero-order chi connectivity index (χ0) is 19.5. The highest BCUT2D eigenvalue weighted by Gasteiger charge is 2.14. The van der Waals surface area contributed by atoms with Crippen molar-refractivity contribution < 1.29 is 13.9 Å². The van der Waals surface area contributed by atoms with Crippen LogP contribution in [0.3, 0.4) is 0 Å². The maximum atomic E-state index is 13.6. The van der Waals surface area contributed by atoms with Crippen molar-refractivity contribution in [2.45, 2.75) is 13.3 Å². The second kappa shape index (κ2) is 7.48. The van der Waals surface area contributed by atoms with E-state index in [1.807, 2.05) is 6.92 Å². The molecule has 0 aliphatic rings. The zero-order valence-corrected chi connectivity index (χ0v) is 15.1. The number of aromatic nitrogens is 3. The van der Waals surface area contributed by atoms with Crippen LogP contribution in [0.1, 0.15) is 11.3 Å². The van der Waals surface area contributed by atoms with Gasteiger partial charge in [0.05, 0.1) is 12.6 Å². The number of aromatic amines is 1. The quantitative estimate of drug-likeness (QED) is 0.542. The number of nitrogens with one attached hydrogen (secondary N) is 2. The SMILES string of the molecule is Cc1[nH]c2ccc(F)cc2c1CC(=O)Nc1cccc(Oc2cnccn2)c1. The smallest absolute Gasteiger partial charge is 0.237 e. The summed E-state index contributed by atoms with van der Waals surface area (Å²) in [5.41, 5.74) is 3.02. The largest absolute Gasteiger partial charge is 0.437 e. The molecule has 0 saturated carbocycles. The molecule has 1 amide bonds. The van der Waals surface area contributed by atoms with E-state index in [0.717, 1.165) is 16.8 Å². The predicted octanol–water partition coefficient (Wildman–Crippen LogP) is 4.38. The van der Waals surface area contributed by atoms with Crippen molar-refractivity contribution in [3.8, 4) is 11.6 Å². The first-order valence-corrected chi connectivity index (χ1v) is 8.69. The van der Waals surface area contributed by atoms with Gasteiger partial charge in [0.1, 0.15) is 11.6 Å². The molecule has 0 fully saturated rings. The number of H-pyrrole nitrogens is 1. The Balaban J connectivity index is 1.49. The molecule has 140 valence electrons. The number of aryl methyl sites for hydroxylation is 1. The van der Waals surface area contributed by atoms with Gasteiger partial charge in [-0.2, -0.15) is 0 Å². The van der Waals surface area contributed by atoms with Crippen LogP contribution in [0.4, 0.5) is 10.1 Å². The van der Waals surface area contributed by atoms with E-state index in [1.165, 1.54) is 24.5 Å². The summed E-state index contributed by atoms with van der Waals surface area (Å²) in [6.45, 7) is 1.87. The predicted molar refractivity (Wildman–Crippen MR) is 104 cm³/mol. The van der Waals surface area contributed by atoms with E-state index in [9.17, 15) is 9.18 Å². The van der Waals surface area contributed by atoms with Crippen molar-refractivity contribution in [3.63, 3.8) is 0 Å². The van der Waals surface area contributed by atoms with Crippen molar-refractivity contribution in [1.29, 1.82) is 0 Å². The number of fused-ring (bicyclic) bond motifs is 1. The fraction of sp³-hybridized carbons (Fsp3) is 0.0952. The van der Waals surface area contributed by atoms with Gasteiger partial charge in [0.2, 0.25) is 11.8 Å². The molecule has 0 aliphatic carbocycles. The topological polar surface area (TPSA) is 79.9 Å². The average Bonchev–Trinajstić information content (AvgIpc) is 2.98. The average molecular weight is 376 g/mol. The van der Waals surface area contributed by atoms with Crippen LogP contribution in [0.2, 0.25) is 0 Å². The van der Waals surface area contributed by atoms with Crippen molar-refractivity contribution in [3.05, 3.63) is 78.1 Å². The molecule has 0 spiro atoms. The van der Waals surface area contributed by atoms with Gasteiger partial charge in [-0.05, 0) is 42.8 Å². The lowest BCUT2D eigenvalue weighted by Crippen LogP contribution is -2.14. The summed E-state index contributed by atoms with van der Waals surface area (Å²) in [7, 11) is 0. The molecule has 0 atom stereocenters. The van der Waals surface area contributed by atoms with Crippen LogP contribution < -0.4 is 10.1 Å². The highest BCUT2D eigenvalue weighted by atomic mass is 19.1. The lowest BCUT2D eigenvalue weighted by atomic mass is 10.1. The molecular formula is C21H17FN4O2. The van der Waals surface area contributed by atoms with Crippen LogP contribution in [-0.2, 0) is 11.2 Å². The third-order valence-electron chi connectivity index (χ3n) is 4.30. The van der Waals surface area contributed by atoms with Crippen molar-refractivity contribution in [2.24, 2.45) is 0 Å². The molecular weight excluding hydrogens is 359 g/mol. The molecule has 0 unspecified atom stereocenters. The van der Waals surface area contributed by atoms with Gasteiger partial charge in [0, 0.05) is 40.7 Å². The first kappa shape index (κ1) is 17.7. The number of ether oxygens (including phenoxy) is 1. The molecule has 4 rings (SSSR count). The van der Waals surface area contributed by atoms with E-state index in [2.05, 4.69) is 20.3 Å². The van der Waals surface area contributed by atoms with Crippen LogP contribution in [0.15, 0.2) is 61.1 Å². The number of rotatable bonds is 5. The van der Waals surface area contributed by atoms with Crippen LogP contribution in [-0.4, -0.2) is 20.9 Å². The summed E-state index contributed by atoms with van der Waals surface area (Å²) >= 11 is 0. The molecule has 0 radical (unpaired) electrons. The molecule has 2 heterocycles. The summed E-state index contributed by atoms with van der Waals surface area (Å²) in [6, 6.07) is 11.5. The third kappa shape index (κ3) is 3.83. The van der Waals surface area contributed by atoms with Crippen molar-refractivity contribution >= 4 is 22.5 Å². The van der Waals surface area contributed by atoms with Gasteiger partial charge in [-0.1, -0.05) is 6.07 Å². The van der Waals surface area contributed by atoms with Crippen LogP contribution in [0, 0.1) is 12.7 Å². The number of nitrogens with zero attached hydrogens (tertiary/aromatic N) is 2. The molecule has 2 aromatic heterocycles. The molecule has 0 saturated heterocycles. The van der Waals surface area contributed by atoms with Gasteiger partial charge in [-0.15, -0.1) is 0 Å². The number of hydrogen-bond donors (Lipinski definition) is 2. The Kier molecular flexibility index (Phi) is 4.72. The van der Waals surface area contributed by atoms with Gasteiger partial charge in [-0.25, -0.2) is 9.37 Å². The fourth-order valence-electron chi connectivity index (χ4n) is 3.04. The Labute approximate surface area is 160 Å². The number of carbonyl (C=O) groups excluding carboxylic acids is 1. The van der Waals surface area contributed by atoms with E-state index in [-0.39, 0.29) is 18.1 Å². The second-order valence-corrected chi connectivity index (χ2v) is 6.32. The number of hydrogen-bond acceptors (Lipinski definition) is 4. The minimum absolute atomic E-state index is 0.129. The maximum Gasteiger partial charge on any atom is 0.237 e. The highest BCUT2D eigenvalue weighted by molar-refractivity contribution is 5.96. The van der Waals surface area contributed by atoms with Gasteiger partial charge in [0.15, 0.2) is 0 Å². The normalized spacial score (nSPS) is 10.8. The molecule has 0 bridgehead atoms.